The van der Waals surface area contributed by atoms with Crippen molar-refractivity contribution < 1.29 is 14.3 Å². The molecule has 0 heterocycles. The van der Waals surface area contributed by atoms with E-state index in [4.69, 9.17) is 9.47 Å². The van der Waals surface area contributed by atoms with Gasteiger partial charge in [-0.25, -0.2) is 4.79 Å². The van der Waals surface area contributed by atoms with Crippen LogP contribution < -0.4 is 0 Å². The molecule has 0 aromatic heterocycles. The number of carbonyl (C=O) groups is 1. The molecule has 0 fully saturated rings. The summed E-state index contributed by atoms with van der Waals surface area (Å²) in [5.41, 5.74) is -0.473. The Bertz CT molecular complexity index is 213. The SMILES string of the molecule is CC(C)(C)OC(=O)OC1C=CCC1. The van der Waals surface area contributed by atoms with Crippen LogP contribution in [-0.4, -0.2) is 17.9 Å². The second-order valence-electron chi connectivity index (χ2n) is 4.13. The molecule has 0 amide bonds. The molecule has 74 valence electrons. The summed E-state index contributed by atoms with van der Waals surface area (Å²) in [6, 6.07) is 0. The van der Waals surface area contributed by atoms with Crippen LogP contribution in [0.2, 0.25) is 0 Å². The van der Waals surface area contributed by atoms with E-state index >= 15 is 0 Å². The predicted octanol–water partition coefficient (Wildman–Crippen LogP) is 2.66. The van der Waals surface area contributed by atoms with Crippen molar-refractivity contribution in [1.82, 2.24) is 0 Å². The normalized spacial score (nSPS) is 21.6. The van der Waals surface area contributed by atoms with Crippen LogP contribution in [0.3, 0.4) is 0 Å². The molecule has 0 spiro atoms. The molecule has 0 N–H and O–H groups in total. The van der Waals surface area contributed by atoms with Gasteiger partial charge in [-0.1, -0.05) is 6.08 Å². The van der Waals surface area contributed by atoms with Crippen molar-refractivity contribution in [3.63, 3.8) is 0 Å². The fourth-order valence-corrected chi connectivity index (χ4v) is 1.10. The van der Waals surface area contributed by atoms with Gasteiger partial charge < -0.3 is 9.47 Å². The molecule has 0 saturated heterocycles. The summed E-state index contributed by atoms with van der Waals surface area (Å²) in [5.74, 6) is 0. The van der Waals surface area contributed by atoms with Crippen molar-refractivity contribution in [2.75, 3.05) is 0 Å². The van der Waals surface area contributed by atoms with Gasteiger partial charge in [0.25, 0.3) is 0 Å². The van der Waals surface area contributed by atoms with E-state index in [1.54, 1.807) is 0 Å². The van der Waals surface area contributed by atoms with Crippen molar-refractivity contribution >= 4 is 6.16 Å². The van der Waals surface area contributed by atoms with Crippen LogP contribution in [0.15, 0.2) is 12.2 Å². The lowest BCUT2D eigenvalue weighted by Crippen LogP contribution is -2.26. The zero-order valence-corrected chi connectivity index (χ0v) is 8.37. The Morgan fingerprint density at radius 3 is 2.62 bits per heavy atom. The second kappa shape index (κ2) is 3.81. The second-order valence-corrected chi connectivity index (χ2v) is 4.13. The van der Waals surface area contributed by atoms with E-state index in [1.807, 2.05) is 32.9 Å². The third-order valence-corrected chi connectivity index (χ3v) is 1.61. The number of ether oxygens (including phenoxy) is 2. The van der Waals surface area contributed by atoms with E-state index in [1.165, 1.54) is 0 Å². The molecule has 0 radical (unpaired) electrons. The number of hydrogen-bond acceptors (Lipinski definition) is 3. The van der Waals surface area contributed by atoms with E-state index in [0.717, 1.165) is 12.8 Å². The maximum atomic E-state index is 11.1. The summed E-state index contributed by atoms with van der Waals surface area (Å²) >= 11 is 0. The zero-order valence-electron chi connectivity index (χ0n) is 8.37. The highest BCUT2D eigenvalue weighted by molar-refractivity contribution is 5.61. The fourth-order valence-electron chi connectivity index (χ4n) is 1.10. The topological polar surface area (TPSA) is 35.5 Å². The van der Waals surface area contributed by atoms with Crippen molar-refractivity contribution in [2.45, 2.75) is 45.3 Å². The minimum atomic E-state index is -0.580. The van der Waals surface area contributed by atoms with Crippen molar-refractivity contribution in [3.05, 3.63) is 12.2 Å². The molecule has 1 rings (SSSR count). The van der Waals surface area contributed by atoms with Crippen LogP contribution in [-0.2, 0) is 9.47 Å². The van der Waals surface area contributed by atoms with Crippen molar-refractivity contribution in [2.24, 2.45) is 0 Å². The van der Waals surface area contributed by atoms with Crippen molar-refractivity contribution in [1.29, 1.82) is 0 Å². The lowest BCUT2D eigenvalue weighted by atomic mass is 10.2. The third kappa shape index (κ3) is 3.97. The van der Waals surface area contributed by atoms with Crippen LogP contribution in [0.25, 0.3) is 0 Å². The Kier molecular flexibility index (Phi) is 2.96. The molecule has 0 bridgehead atoms. The average molecular weight is 184 g/mol. The molecular weight excluding hydrogens is 168 g/mol. The summed E-state index contributed by atoms with van der Waals surface area (Å²) in [5, 5.41) is 0. The van der Waals surface area contributed by atoms with Crippen LogP contribution in [0, 0.1) is 0 Å². The van der Waals surface area contributed by atoms with E-state index in [0.29, 0.717) is 0 Å². The summed E-state index contributed by atoms with van der Waals surface area (Å²) in [6.07, 6.45) is 5.09. The lowest BCUT2D eigenvalue weighted by Gasteiger charge is -2.20. The first kappa shape index (κ1) is 10.1. The Morgan fingerprint density at radius 1 is 1.46 bits per heavy atom. The third-order valence-electron chi connectivity index (χ3n) is 1.61. The highest BCUT2D eigenvalue weighted by atomic mass is 16.7. The van der Waals surface area contributed by atoms with Gasteiger partial charge in [0.2, 0.25) is 0 Å². The number of rotatable bonds is 1. The molecule has 0 aromatic carbocycles. The number of carbonyl (C=O) groups excluding carboxylic acids is 1. The molecule has 1 aliphatic rings. The molecule has 1 unspecified atom stereocenters. The molecule has 1 atom stereocenters. The first-order valence-corrected chi connectivity index (χ1v) is 4.54. The summed E-state index contributed by atoms with van der Waals surface area (Å²) in [7, 11) is 0. The monoisotopic (exact) mass is 184 g/mol. The largest absolute Gasteiger partial charge is 0.509 e. The van der Waals surface area contributed by atoms with E-state index < -0.39 is 11.8 Å². The quantitative estimate of drug-likeness (QED) is 0.464. The van der Waals surface area contributed by atoms with Crippen LogP contribution in [0.1, 0.15) is 33.6 Å². The van der Waals surface area contributed by atoms with Gasteiger partial charge in [-0.3, -0.25) is 0 Å². The molecule has 3 heteroatoms. The highest BCUT2D eigenvalue weighted by Gasteiger charge is 2.21. The van der Waals surface area contributed by atoms with E-state index in [2.05, 4.69) is 0 Å². The first-order valence-electron chi connectivity index (χ1n) is 4.54. The van der Waals surface area contributed by atoms with Gasteiger partial charge in [0.05, 0.1) is 0 Å². The Morgan fingerprint density at radius 2 is 2.15 bits per heavy atom. The van der Waals surface area contributed by atoms with Crippen LogP contribution in [0.5, 0.6) is 0 Å². The molecule has 0 aliphatic heterocycles. The van der Waals surface area contributed by atoms with E-state index in [-0.39, 0.29) is 6.10 Å². The van der Waals surface area contributed by atoms with Gasteiger partial charge in [0.1, 0.15) is 11.7 Å². The number of hydrogen-bond donors (Lipinski definition) is 0. The van der Waals surface area contributed by atoms with Gasteiger partial charge in [0.15, 0.2) is 0 Å². The molecular formula is C10H16O3. The van der Waals surface area contributed by atoms with Gasteiger partial charge >= 0.3 is 6.16 Å². The van der Waals surface area contributed by atoms with Gasteiger partial charge in [-0.2, -0.15) is 0 Å². The number of allylic oxidation sites excluding steroid dienone is 1. The maximum Gasteiger partial charge on any atom is 0.509 e. The standard InChI is InChI=1S/C10H16O3/c1-10(2,3)13-9(11)12-8-6-4-5-7-8/h4,6,8H,5,7H2,1-3H3. The molecule has 0 aromatic rings. The summed E-state index contributed by atoms with van der Waals surface area (Å²) < 4.78 is 10.0. The van der Waals surface area contributed by atoms with Gasteiger partial charge in [0, 0.05) is 0 Å². The highest BCUT2D eigenvalue weighted by Crippen LogP contribution is 2.15. The fraction of sp³-hybridized carbons (Fsp3) is 0.700. The molecule has 1 aliphatic carbocycles. The van der Waals surface area contributed by atoms with Crippen LogP contribution >= 0.6 is 0 Å². The summed E-state index contributed by atoms with van der Waals surface area (Å²) in [6.45, 7) is 5.45. The Hall–Kier alpha value is -0.990. The Balaban J connectivity index is 2.29. The van der Waals surface area contributed by atoms with E-state index in [9.17, 15) is 4.79 Å². The van der Waals surface area contributed by atoms with Crippen molar-refractivity contribution in [3.8, 4) is 0 Å². The molecule has 13 heavy (non-hydrogen) atoms. The zero-order chi connectivity index (χ0) is 9.90. The summed E-state index contributed by atoms with van der Waals surface area (Å²) in [4.78, 5) is 11.1. The maximum absolute atomic E-state index is 11.1. The first-order chi connectivity index (χ1) is 5.97. The predicted molar refractivity (Wildman–Crippen MR) is 49.5 cm³/mol. The Labute approximate surface area is 78.7 Å². The average Bonchev–Trinajstić information content (AvgIpc) is 2.34. The van der Waals surface area contributed by atoms with Crippen LogP contribution in [0.4, 0.5) is 4.79 Å². The minimum Gasteiger partial charge on any atom is -0.429 e. The smallest absolute Gasteiger partial charge is 0.429 e. The minimum absolute atomic E-state index is 0.0881. The van der Waals surface area contributed by atoms with Gasteiger partial charge in [-0.15, -0.1) is 0 Å². The molecule has 0 saturated carbocycles. The lowest BCUT2D eigenvalue weighted by molar-refractivity contribution is -0.0181. The van der Waals surface area contributed by atoms with Gasteiger partial charge in [-0.05, 0) is 39.7 Å². The molecule has 3 nitrogen and oxygen atoms in total.